The van der Waals surface area contributed by atoms with Gasteiger partial charge in [-0.1, -0.05) is 0 Å². The summed E-state index contributed by atoms with van der Waals surface area (Å²) in [6.45, 7) is 5.53. The summed E-state index contributed by atoms with van der Waals surface area (Å²) in [5, 5.41) is 14.7. The Kier molecular flexibility index (Phi) is 3.99. The van der Waals surface area contributed by atoms with E-state index in [1.165, 1.54) is 0 Å². The number of aromatic nitrogens is 4. The number of anilines is 1. The van der Waals surface area contributed by atoms with E-state index in [1.807, 2.05) is 32.3 Å². The molecule has 1 amide bonds. The molecule has 7 nitrogen and oxygen atoms in total. The Bertz CT molecular complexity index is 918. The number of amides is 1. The molecule has 3 aromatic heterocycles. The summed E-state index contributed by atoms with van der Waals surface area (Å²) in [6, 6.07) is 2.17. The Morgan fingerprint density at radius 1 is 1.40 bits per heavy atom. The van der Waals surface area contributed by atoms with Crippen LogP contribution in [0.4, 0.5) is 5.82 Å². The SMILES string of the molecule is CC(C)NC(=O)C1CCCN(c2nncc3cnc4[nH]ccc4c23)C1. The topological polar surface area (TPSA) is 86.8 Å². The van der Waals surface area contributed by atoms with Crippen LogP contribution < -0.4 is 10.2 Å². The average molecular weight is 338 g/mol. The fourth-order valence-electron chi connectivity index (χ4n) is 3.57. The van der Waals surface area contributed by atoms with Crippen LogP contribution in [0.1, 0.15) is 26.7 Å². The van der Waals surface area contributed by atoms with Gasteiger partial charge in [0.1, 0.15) is 5.65 Å². The number of rotatable bonds is 3. The van der Waals surface area contributed by atoms with Crippen LogP contribution in [0.15, 0.2) is 24.7 Å². The molecule has 0 aliphatic carbocycles. The smallest absolute Gasteiger partial charge is 0.225 e. The van der Waals surface area contributed by atoms with Crippen LogP contribution in [-0.4, -0.2) is 45.2 Å². The number of piperidine rings is 1. The minimum Gasteiger partial charge on any atom is -0.354 e. The maximum atomic E-state index is 12.4. The number of carbonyl (C=O) groups is 1. The number of fused-ring (bicyclic) bond motifs is 3. The Morgan fingerprint density at radius 3 is 3.12 bits per heavy atom. The highest BCUT2D eigenvalue weighted by atomic mass is 16.2. The van der Waals surface area contributed by atoms with Gasteiger partial charge in [0.15, 0.2) is 5.82 Å². The molecule has 7 heteroatoms. The average Bonchev–Trinajstić information content (AvgIpc) is 3.09. The van der Waals surface area contributed by atoms with Crippen molar-refractivity contribution in [1.82, 2.24) is 25.5 Å². The number of hydrogen-bond donors (Lipinski definition) is 2. The Balaban J connectivity index is 1.71. The molecule has 1 aliphatic rings. The molecule has 130 valence electrons. The number of aromatic amines is 1. The van der Waals surface area contributed by atoms with Crippen LogP contribution in [0, 0.1) is 5.92 Å². The maximum Gasteiger partial charge on any atom is 0.225 e. The molecule has 1 unspecified atom stereocenters. The lowest BCUT2D eigenvalue weighted by Crippen LogP contribution is -2.45. The van der Waals surface area contributed by atoms with Gasteiger partial charge in [0.25, 0.3) is 0 Å². The zero-order valence-electron chi connectivity index (χ0n) is 14.5. The van der Waals surface area contributed by atoms with Gasteiger partial charge in [0.2, 0.25) is 5.91 Å². The van der Waals surface area contributed by atoms with Gasteiger partial charge in [-0.2, -0.15) is 5.10 Å². The fourth-order valence-corrected chi connectivity index (χ4v) is 3.57. The van der Waals surface area contributed by atoms with Crippen molar-refractivity contribution in [2.45, 2.75) is 32.7 Å². The van der Waals surface area contributed by atoms with Crippen molar-refractivity contribution in [1.29, 1.82) is 0 Å². The third-order valence-corrected chi connectivity index (χ3v) is 4.71. The third kappa shape index (κ3) is 2.90. The second-order valence-electron chi connectivity index (χ2n) is 6.95. The number of hydrogen-bond acceptors (Lipinski definition) is 5. The molecular formula is C18H22N6O. The third-order valence-electron chi connectivity index (χ3n) is 4.71. The van der Waals surface area contributed by atoms with Gasteiger partial charge >= 0.3 is 0 Å². The number of nitrogens with zero attached hydrogens (tertiary/aromatic N) is 4. The van der Waals surface area contributed by atoms with Crippen molar-refractivity contribution < 1.29 is 4.79 Å². The Hall–Kier alpha value is -2.70. The minimum atomic E-state index is -0.0169. The molecule has 0 saturated carbocycles. The quantitative estimate of drug-likeness (QED) is 0.765. The van der Waals surface area contributed by atoms with Crippen LogP contribution in [0.2, 0.25) is 0 Å². The lowest BCUT2D eigenvalue weighted by molar-refractivity contribution is -0.125. The molecule has 0 spiro atoms. The van der Waals surface area contributed by atoms with E-state index in [1.54, 1.807) is 6.20 Å². The van der Waals surface area contributed by atoms with E-state index in [9.17, 15) is 4.79 Å². The van der Waals surface area contributed by atoms with Gasteiger partial charge < -0.3 is 15.2 Å². The molecule has 4 heterocycles. The lowest BCUT2D eigenvalue weighted by atomic mass is 9.96. The second kappa shape index (κ2) is 6.31. The maximum absolute atomic E-state index is 12.4. The normalized spacial score (nSPS) is 18.2. The van der Waals surface area contributed by atoms with Crippen LogP contribution in [0.25, 0.3) is 21.8 Å². The van der Waals surface area contributed by atoms with Crippen LogP contribution in [-0.2, 0) is 4.79 Å². The summed E-state index contributed by atoms with van der Waals surface area (Å²) in [5.41, 5.74) is 0.841. The summed E-state index contributed by atoms with van der Waals surface area (Å²) in [7, 11) is 0. The van der Waals surface area contributed by atoms with Crippen molar-refractivity contribution in [3.8, 4) is 0 Å². The second-order valence-corrected chi connectivity index (χ2v) is 6.95. The Morgan fingerprint density at radius 2 is 2.28 bits per heavy atom. The van der Waals surface area contributed by atoms with Gasteiger partial charge in [-0.15, -0.1) is 5.10 Å². The van der Waals surface area contributed by atoms with Crippen molar-refractivity contribution >= 4 is 33.5 Å². The summed E-state index contributed by atoms with van der Waals surface area (Å²) in [6.07, 6.45) is 7.32. The summed E-state index contributed by atoms with van der Waals surface area (Å²) in [5.74, 6) is 0.949. The molecule has 0 aromatic carbocycles. The summed E-state index contributed by atoms with van der Waals surface area (Å²) in [4.78, 5) is 22.2. The van der Waals surface area contributed by atoms with E-state index in [-0.39, 0.29) is 17.9 Å². The highest BCUT2D eigenvalue weighted by Crippen LogP contribution is 2.32. The molecule has 0 bridgehead atoms. The van der Waals surface area contributed by atoms with E-state index in [0.29, 0.717) is 6.54 Å². The van der Waals surface area contributed by atoms with Crippen molar-refractivity contribution in [3.63, 3.8) is 0 Å². The van der Waals surface area contributed by atoms with Crippen LogP contribution in [0.5, 0.6) is 0 Å². The molecule has 1 aliphatic heterocycles. The molecule has 0 radical (unpaired) electrons. The van der Waals surface area contributed by atoms with Gasteiger partial charge in [-0.05, 0) is 32.8 Å². The predicted molar refractivity (Wildman–Crippen MR) is 97.4 cm³/mol. The fraction of sp³-hybridized carbons (Fsp3) is 0.444. The molecule has 4 rings (SSSR count). The van der Waals surface area contributed by atoms with Crippen LogP contribution >= 0.6 is 0 Å². The van der Waals surface area contributed by atoms with E-state index in [4.69, 9.17) is 0 Å². The van der Waals surface area contributed by atoms with E-state index in [0.717, 1.165) is 47.0 Å². The molecule has 3 aromatic rings. The lowest BCUT2D eigenvalue weighted by Gasteiger charge is -2.33. The molecule has 25 heavy (non-hydrogen) atoms. The van der Waals surface area contributed by atoms with Gasteiger partial charge in [0.05, 0.1) is 12.1 Å². The molecule has 1 fully saturated rings. The first-order chi connectivity index (χ1) is 12.1. The molecular weight excluding hydrogens is 316 g/mol. The number of nitrogens with one attached hydrogen (secondary N) is 2. The standard InChI is InChI=1S/C18H22N6O/c1-11(2)22-18(25)12-4-3-7-24(10-12)17-15-13(9-21-23-17)8-20-16-14(15)5-6-19-16/h5-6,8-9,11-12H,3-4,7,10H2,1-2H3,(H,19,20)(H,22,25). The first kappa shape index (κ1) is 15.8. The first-order valence-corrected chi connectivity index (χ1v) is 8.76. The van der Waals surface area contributed by atoms with Crippen LogP contribution in [0.3, 0.4) is 0 Å². The highest BCUT2D eigenvalue weighted by Gasteiger charge is 2.28. The minimum absolute atomic E-state index is 0.0169. The van der Waals surface area contributed by atoms with Crippen molar-refractivity contribution in [2.75, 3.05) is 18.0 Å². The number of pyridine rings is 1. The number of H-pyrrole nitrogens is 1. The summed E-state index contributed by atoms with van der Waals surface area (Å²) < 4.78 is 0. The van der Waals surface area contributed by atoms with Gasteiger partial charge in [-0.3, -0.25) is 4.79 Å². The van der Waals surface area contributed by atoms with Crippen molar-refractivity contribution in [3.05, 3.63) is 24.7 Å². The molecule has 1 atom stereocenters. The monoisotopic (exact) mass is 338 g/mol. The zero-order valence-corrected chi connectivity index (χ0v) is 14.5. The molecule has 1 saturated heterocycles. The Labute approximate surface area is 145 Å². The van der Waals surface area contributed by atoms with E-state index in [2.05, 4.69) is 30.4 Å². The predicted octanol–water partition coefficient (Wildman–Crippen LogP) is 2.25. The largest absolute Gasteiger partial charge is 0.354 e. The van der Waals surface area contributed by atoms with Gasteiger partial charge in [-0.25, -0.2) is 4.98 Å². The first-order valence-electron chi connectivity index (χ1n) is 8.76. The highest BCUT2D eigenvalue weighted by molar-refractivity contribution is 6.10. The zero-order chi connectivity index (χ0) is 17.4. The van der Waals surface area contributed by atoms with Crippen molar-refractivity contribution in [2.24, 2.45) is 5.92 Å². The van der Waals surface area contributed by atoms with Gasteiger partial charge in [0, 0.05) is 47.7 Å². The number of carbonyl (C=O) groups excluding carboxylic acids is 1. The molecule has 2 N–H and O–H groups in total. The summed E-state index contributed by atoms with van der Waals surface area (Å²) >= 11 is 0. The van der Waals surface area contributed by atoms with E-state index >= 15 is 0 Å². The van der Waals surface area contributed by atoms with E-state index < -0.39 is 0 Å².